The molecule has 6 aromatic rings. The van der Waals surface area contributed by atoms with Gasteiger partial charge >= 0.3 is 18.3 Å². The van der Waals surface area contributed by atoms with Gasteiger partial charge in [-0.3, -0.25) is 24.7 Å². The third-order valence-electron chi connectivity index (χ3n) is 11.8. The molecule has 2 fully saturated rings. The van der Waals surface area contributed by atoms with E-state index in [2.05, 4.69) is 37.4 Å². The summed E-state index contributed by atoms with van der Waals surface area (Å²) >= 11 is 0. The number of carbonyl (C=O) groups excluding carboxylic acids is 1. The molecular weight excluding hydrogens is 984 g/mol. The van der Waals surface area contributed by atoms with Crippen molar-refractivity contribution in [3.63, 3.8) is 0 Å². The van der Waals surface area contributed by atoms with Crippen molar-refractivity contribution in [2.75, 3.05) is 26.2 Å². The topological polar surface area (TPSA) is 169 Å². The molecule has 0 radical (unpaired) electrons. The first kappa shape index (κ1) is 61.8. The number of hydrogen-bond donors (Lipinski definition) is 2. The molecule has 2 N–H and O–H groups in total. The standard InChI is InChI=1S/C25H20F4N4O.C14H14F4N2.C11H8N2O2.3CH4.ClH/c26-21-4-3-19(25(27,28)29)14-18(21)15-24(16-30)7-12-33(13-8-24)23(34)20-2-1-9-32-22(20)17-5-10-31-11-6-17;15-12-2-1-11(14(16,17)18)7-10(12)8-13(9-19)3-5-20-6-4-13;14-11(15)9-2-1-5-13-10(9)8-3-6-12-7-4-8;;;;/h1-6,9-11,14H,7-8,12-13,15H2;1-2,7,20H,3-6,8H2;1-7H,(H,14,15);3*1H4;1H. The number of halogens is 9. The molecule has 0 bridgehead atoms. The number of carbonyl (C=O) groups is 2. The fourth-order valence-electron chi connectivity index (χ4n) is 8.01. The van der Waals surface area contributed by atoms with Gasteiger partial charge in [-0.2, -0.15) is 36.9 Å². The molecule has 11 nitrogen and oxygen atoms in total. The third-order valence-corrected chi connectivity index (χ3v) is 11.8. The van der Waals surface area contributed by atoms with Crippen LogP contribution in [0, 0.1) is 45.1 Å². The highest BCUT2D eigenvalue weighted by atomic mass is 35.5. The van der Waals surface area contributed by atoms with Gasteiger partial charge in [-0.05, 0) is 148 Å². The van der Waals surface area contributed by atoms with Crippen molar-refractivity contribution >= 4 is 24.3 Å². The van der Waals surface area contributed by atoms with Crippen LogP contribution in [0.2, 0.25) is 0 Å². The van der Waals surface area contributed by atoms with Gasteiger partial charge < -0.3 is 15.3 Å². The maximum atomic E-state index is 14.3. The molecule has 0 spiro atoms. The van der Waals surface area contributed by atoms with Crippen LogP contribution in [0.4, 0.5) is 35.1 Å². The molecule has 2 saturated heterocycles. The summed E-state index contributed by atoms with van der Waals surface area (Å²) < 4.78 is 105. The second-order valence-corrected chi connectivity index (χ2v) is 16.4. The van der Waals surface area contributed by atoms with Gasteiger partial charge in [0.05, 0.1) is 56.6 Å². The van der Waals surface area contributed by atoms with Crippen LogP contribution in [0.15, 0.2) is 122 Å². The van der Waals surface area contributed by atoms with Gasteiger partial charge in [0.1, 0.15) is 11.6 Å². The number of amides is 1. The summed E-state index contributed by atoms with van der Waals surface area (Å²) in [6.45, 7) is 1.68. The second kappa shape index (κ2) is 26.9. The van der Waals surface area contributed by atoms with Crippen LogP contribution in [-0.2, 0) is 25.2 Å². The molecule has 1 amide bonds. The van der Waals surface area contributed by atoms with Gasteiger partial charge in [-0.25, -0.2) is 13.6 Å². The first-order valence-corrected chi connectivity index (χ1v) is 21.4. The summed E-state index contributed by atoms with van der Waals surface area (Å²) in [5.74, 6) is -2.70. The van der Waals surface area contributed by atoms with Gasteiger partial charge in [0.2, 0.25) is 0 Å². The quantitative estimate of drug-likeness (QED) is 0.140. The molecule has 388 valence electrons. The molecule has 6 heterocycles. The number of carboxylic acid groups (broad SMARTS) is 1. The summed E-state index contributed by atoms with van der Waals surface area (Å²) in [7, 11) is 0. The molecule has 0 aliphatic carbocycles. The SMILES string of the molecule is C.C.C.Cl.N#CC1(Cc2cc(C(F)(F)F)ccc2F)CCN(C(=O)c2cccnc2-c2ccncc2)CC1.N#CC1(Cc2cc(C(F)(F)F)ccc2F)CCNCC1.O=C(O)c1cccnc1-c1ccncc1. The number of aromatic carboxylic acids is 1. The van der Waals surface area contributed by atoms with Gasteiger partial charge in [0, 0.05) is 61.4 Å². The minimum Gasteiger partial charge on any atom is -0.478 e. The van der Waals surface area contributed by atoms with Gasteiger partial charge in [-0.1, -0.05) is 22.3 Å². The lowest BCUT2D eigenvalue weighted by molar-refractivity contribution is -0.138. The Morgan fingerprint density at radius 3 is 1.41 bits per heavy atom. The van der Waals surface area contributed by atoms with Crippen molar-refractivity contribution < 1.29 is 49.8 Å². The average Bonchev–Trinajstić information content (AvgIpc) is 3.36. The smallest absolute Gasteiger partial charge is 0.416 e. The Labute approximate surface area is 425 Å². The Kier molecular flexibility index (Phi) is 22.8. The lowest BCUT2D eigenvalue weighted by Gasteiger charge is -2.37. The zero-order chi connectivity index (χ0) is 49.8. The first-order valence-electron chi connectivity index (χ1n) is 21.4. The molecule has 73 heavy (non-hydrogen) atoms. The fourth-order valence-corrected chi connectivity index (χ4v) is 8.01. The van der Waals surface area contributed by atoms with E-state index in [1.165, 1.54) is 6.07 Å². The van der Waals surface area contributed by atoms with Crippen LogP contribution in [-0.4, -0.2) is 68.0 Å². The zero-order valence-electron chi connectivity index (χ0n) is 36.9. The maximum absolute atomic E-state index is 14.3. The van der Waals surface area contributed by atoms with Gasteiger partial charge in [0.15, 0.2) is 0 Å². The Bertz CT molecular complexity index is 2830. The number of nitriles is 2. The number of carboxylic acids is 1. The summed E-state index contributed by atoms with van der Waals surface area (Å²) in [6, 6.07) is 22.4. The van der Waals surface area contributed by atoms with E-state index in [1.54, 1.807) is 84.5 Å². The minimum atomic E-state index is -4.60. The van der Waals surface area contributed by atoms with Crippen LogP contribution >= 0.6 is 12.4 Å². The maximum Gasteiger partial charge on any atom is 0.416 e. The van der Waals surface area contributed by atoms with Gasteiger partial charge in [0.25, 0.3) is 5.91 Å². The van der Waals surface area contributed by atoms with Crippen LogP contribution in [0.3, 0.4) is 0 Å². The normalized spacial score (nSPS) is 14.4. The van der Waals surface area contributed by atoms with Crippen LogP contribution in [0.25, 0.3) is 22.5 Å². The number of aromatic nitrogens is 4. The molecule has 2 aliphatic heterocycles. The van der Waals surface area contributed by atoms with Crippen LogP contribution in [0.5, 0.6) is 0 Å². The number of pyridine rings is 4. The summed E-state index contributed by atoms with van der Waals surface area (Å²) in [5, 5.41) is 31.2. The molecule has 2 aromatic carbocycles. The highest BCUT2D eigenvalue weighted by Gasteiger charge is 2.39. The number of rotatable bonds is 8. The highest BCUT2D eigenvalue weighted by Crippen LogP contribution is 2.39. The van der Waals surface area contributed by atoms with Crippen LogP contribution < -0.4 is 5.32 Å². The zero-order valence-corrected chi connectivity index (χ0v) is 37.8. The Morgan fingerprint density at radius 2 is 1.01 bits per heavy atom. The van der Waals surface area contributed by atoms with Crippen molar-refractivity contribution in [3.8, 4) is 34.7 Å². The molecule has 0 saturated carbocycles. The fraction of sp³-hybridized carbons (Fsp3) is 0.321. The lowest BCUT2D eigenvalue weighted by Crippen LogP contribution is -2.43. The molecular formula is C53H55ClF8N8O3. The minimum absolute atomic E-state index is 0. The number of likely N-dealkylation sites (tertiary alicyclic amines) is 1. The van der Waals surface area contributed by atoms with E-state index >= 15 is 0 Å². The number of nitrogens with zero attached hydrogens (tertiary/aromatic N) is 7. The second-order valence-electron chi connectivity index (χ2n) is 16.4. The lowest BCUT2D eigenvalue weighted by atomic mass is 9.74. The molecule has 20 heteroatoms. The van der Waals surface area contributed by atoms with E-state index < -0.39 is 51.9 Å². The largest absolute Gasteiger partial charge is 0.478 e. The van der Waals surface area contributed by atoms with Crippen molar-refractivity contribution in [2.45, 2.75) is 73.2 Å². The Balaban J connectivity index is 0.000000400. The van der Waals surface area contributed by atoms with E-state index in [4.69, 9.17) is 5.11 Å². The highest BCUT2D eigenvalue weighted by molar-refractivity contribution is 6.00. The predicted molar refractivity (Wildman–Crippen MR) is 263 cm³/mol. The first-order chi connectivity index (χ1) is 32.9. The van der Waals surface area contributed by atoms with E-state index in [0.717, 1.165) is 41.5 Å². The predicted octanol–water partition coefficient (Wildman–Crippen LogP) is 12.7. The summed E-state index contributed by atoms with van der Waals surface area (Å²) in [5.41, 5.74) is -0.796. The average molecular weight is 1040 g/mol. The Hall–Kier alpha value is -7.35. The summed E-state index contributed by atoms with van der Waals surface area (Å²) in [4.78, 5) is 42.1. The molecule has 0 unspecified atom stereocenters. The number of alkyl halides is 6. The molecule has 4 aromatic heterocycles. The van der Waals surface area contributed by atoms with Crippen LogP contribution in [0.1, 0.15) is 90.9 Å². The number of benzene rings is 2. The van der Waals surface area contributed by atoms with E-state index in [-0.39, 0.29) is 96.1 Å². The van der Waals surface area contributed by atoms with E-state index in [1.807, 2.05) is 0 Å². The molecule has 0 atom stereocenters. The summed E-state index contributed by atoms with van der Waals surface area (Å²) in [6.07, 6.45) is 1.80. The van der Waals surface area contributed by atoms with E-state index in [0.29, 0.717) is 48.9 Å². The Morgan fingerprint density at radius 1 is 0.616 bits per heavy atom. The number of hydrogen-bond acceptors (Lipinski definition) is 9. The van der Waals surface area contributed by atoms with Crippen molar-refractivity contribution in [2.24, 2.45) is 10.8 Å². The monoisotopic (exact) mass is 1040 g/mol. The number of nitrogens with one attached hydrogen (secondary N) is 1. The van der Waals surface area contributed by atoms with E-state index in [9.17, 15) is 55.2 Å². The molecule has 2 aliphatic rings. The van der Waals surface area contributed by atoms with Crippen molar-refractivity contribution in [1.29, 1.82) is 10.5 Å². The third kappa shape index (κ3) is 15.8. The number of piperidine rings is 2. The molecule has 8 rings (SSSR count). The van der Waals surface area contributed by atoms with Crippen molar-refractivity contribution in [1.82, 2.24) is 30.2 Å². The van der Waals surface area contributed by atoms with Gasteiger partial charge in [-0.15, -0.1) is 12.4 Å². The van der Waals surface area contributed by atoms with Crippen molar-refractivity contribution in [3.05, 3.63) is 167 Å².